The van der Waals surface area contributed by atoms with Gasteiger partial charge in [-0.3, -0.25) is 4.98 Å². The Kier molecular flexibility index (Phi) is 4.53. The number of nitrogens with two attached hydrogens (primary N) is 1. The van der Waals surface area contributed by atoms with Crippen LogP contribution in [-0.4, -0.2) is 11.6 Å². The van der Waals surface area contributed by atoms with E-state index >= 15 is 0 Å². The fourth-order valence-electron chi connectivity index (χ4n) is 2.19. The van der Waals surface area contributed by atoms with Gasteiger partial charge >= 0.3 is 0 Å². The van der Waals surface area contributed by atoms with Gasteiger partial charge < -0.3 is 10.5 Å². The molecule has 2 rings (SSSR count). The molecule has 0 aliphatic rings. The highest BCUT2D eigenvalue weighted by Gasteiger charge is 2.13. The SMILES string of the molecule is CCOc1cncc(C(N)c2ccccc2CC)c1. The summed E-state index contributed by atoms with van der Waals surface area (Å²) in [7, 11) is 0. The van der Waals surface area contributed by atoms with E-state index in [4.69, 9.17) is 10.5 Å². The molecule has 100 valence electrons. The molecule has 0 aliphatic heterocycles. The number of aromatic nitrogens is 1. The first kappa shape index (κ1) is 13.6. The minimum atomic E-state index is -0.163. The van der Waals surface area contributed by atoms with Crippen molar-refractivity contribution in [1.29, 1.82) is 0 Å². The van der Waals surface area contributed by atoms with E-state index in [2.05, 4.69) is 24.0 Å². The predicted octanol–water partition coefficient (Wildman–Crippen LogP) is 3.09. The van der Waals surface area contributed by atoms with Crippen molar-refractivity contribution in [3.63, 3.8) is 0 Å². The molecular weight excluding hydrogens is 236 g/mol. The number of benzene rings is 1. The molecule has 0 spiro atoms. The smallest absolute Gasteiger partial charge is 0.137 e. The fourth-order valence-corrected chi connectivity index (χ4v) is 2.19. The molecule has 1 aromatic heterocycles. The zero-order chi connectivity index (χ0) is 13.7. The fraction of sp³-hybridized carbons (Fsp3) is 0.312. The molecular formula is C16H20N2O. The molecule has 3 nitrogen and oxygen atoms in total. The second-order valence-corrected chi connectivity index (χ2v) is 4.42. The Morgan fingerprint density at radius 3 is 2.74 bits per heavy atom. The number of hydrogen-bond donors (Lipinski definition) is 1. The third-order valence-electron chi connectivity index (χ3n) is 3.18. The number of pyridine rings is 1. The summed E-state index contributed by atoms with van der Waals surface area (Å²) < 4.78 is 5.47. The number of rotatable bonds is 5. The van der Waals surface area contributed by atoms with Crippen LogP contribution in [0.2, 0.25) is 0 Å². The monoisotopic (exact) mass is 256 g/mol. The predicted molar refractivity (Wildman–Crippen MR) is 77.3 cm³/mol. The van der Waals surface area contributed by atoms with Crippen molar-refractivity contribution in [2.24, 2.45) is 5.73 Å². The quantitative estimate of drug-likeness (QED) is 0.894. The van der Waals surface area contributed by atoms with E-state index in [1.165, 1.54) is 5.56 Å². The molecule has 0 saturated carbocycles. The molecule has 3 heteroatoms. The standard InChI is InChI=1S/C16H20N2O/c1-3-12-7-5-6-8-15(12)16(17)13-9-14(19-4-2)11-18-10-13/h5-11,16H,3-4,17H2,1-2H3. The number of hydrogen-bond acceptors (Lipinski definition) is 3. The van der Waals surface area contributed by atoms with E-state index < -0.39 is 0 Å². The summed E-state index contributed by atoms with van der Waals surface area (Å²) >= 11 is 0. The van der Waals surface area contributed by atoms with Crippen molar-refractivity contribution in [2.75, 3.05) is 6.61 Å². The van der Waals surface area contributed by atoms with Gasteiger partial charge in [0, 0.05) is 6.20 Å². The first-order chi connectivity index (χ1) is 9.26. The molecule has 0 saturated heterocycles. The second kappa shape index (κ2) is 6.34. The summed E-state index contributed by atoms with van der Waals surface area (Å²) in [4.78, 5) is 4.20. The average Bonchev–Trinajstić information content (AvgIpc) is 2.47. The van der Waals surface area contributed by atoms with Crippen LogP contribution in [-0.2, 0) is 6.42 Å². The topological polar surface area (TPSA) is 48.1 Å². The first-order valence-electron chi connectivity index (χ1n) is 6.67. The van der Waals surface area contributed by atoms with E-state index in [0.717, 1.165) is 23.3 Å². The van der Waals surface area contributed by atoms with E-state index in [9.17, 15) is 0 Å². The van der Waals surface area contributed by atoms with Gasteiger partial charge in [-0.2, -0.15) is 0 Å². The van der Waals surface area contributed by atoms with Crippen LogP contribution in [0.5, 0.6) is 5.75 Å². The third kappa shape index (κ3) is 3.12. The van der Waals surface area contributed by atoms with Crippen molar-refractivity contribution in [2.45, 2.75) is 26.3 Å². The lowest BCUT2D eigenvalue weighted by Crippen LogP contribution is -2.14. The molecule has 19 heavy (non-hydrogen) atoms. The zero-order valence-electron chi connectivity index (χ0n) is 11.5. The van der Waals surface area contributed by atoms with E-state index in [-0.39, 0.29) is 6.04 Å². The van der Waals surface area contributed by atoms with E-state index in [1.54, 1.807) is 12.4 Å². The molecule has 2 N–H and O–H groups in total. The molecule has 0 radical (unpaired) electrons. The van der Waals surface area contributed by atoms with Gasteiger partial charge in [-0.15, -0.1) is 0 Å². The number of ether oxygens (including phenoxy) is 1. The largest absolute Gasteiger partial charge is 0.492 e. The lowest BCUT2D eigenvalue weighted by Gasteiger charge is -2.16. The maximum atomic E-state index is 6.36. The van der Waals surface area contributed by atoms with Gasteiger partial charge in [0.15, 0.2) is 0 Å². The number of nitrogens with zero attached hydrogens (tertiary/aromatic N) is 1. The summed E-state index contributed by atoms with van der Waals surface area (Å²) in [5, 5.41) is 0. The van der Waals surface area contributed by atoms with Gasteiger partial charge in [-0.25, -0.2) is 0 Å². The number of aryl methyl sites for hydroxylation is 1. The van der Waals surface area contributed by atoms with Gasteiger partial charge in [-0.05, 0) is 36.1 Å². The van der Waals surface area contributed by atoms with Gasteiger partial charge in [0.2, 0.25) is 0 Å². The van der Waals surface area contributed by atoms with E-state index in [0.29, 0.717) is 6.61 Å². The summed E-state index contributed by atoms with van der Waals surface area (Å²) in [5.41, 5.74) is 9.77. The highest BCUT2D eigenvalue weighted by Crippen LogP contribution is 2.25. The molecule has 1 heterocycles. The highest BCUT2D eigenvalue weighted by molar-refractivity contribution is 5.38. The molecule has 2 aromatic rings. The lowest BCUT2D eigenvalue weighted by molar-refractivity contribution is 0.338. The van der Waals surface area contributed by atoms with Crippen LogP contribution in [0.15, 0.2) is 42.7 Å². The van der Waals surface area contributed by atoms with Gasteiger partial charge in [-0.1, -0.05) is 31.2 Å². The normalized spacial score (nSPS) is 12.2. The van der Waals surface area contributed by atoms with Crippen molar-refractivity contribution in [3.8, 4) is 5.75 Å². The minimum absolute atomic E-state index is 0.163. The van der Waals surface area contributed by atoms with Crippen molar-refractivity contribution >= 4 is 0 Å². The van der Waals surface area contributed by atoms with Crippen LogP contribution >= 0.6 is 0 Å². The summed E-state index contributed by atoms with van der Waals surface area (Å²) in [6, 6.07) is 10.1. The second-order valence-electron chi connectivity index (χ2n) is 4.42. The maximum Gasteiger partial charge on any atom is 0.137 e. The Morgan fingerprint density at radius 1 is 1.21 bits per heavy atom. The Morgan fingerprint density at radius 2 is 2.00 bits per heavy atom. The van der Waals surface area contributed by atoms with Crippen LogP contribution in [0.1, 0.15) is 36.6 Å². The molecule has 1 atom stereocenters. The van der Waals surface area contributed by atoms with Crippen LogP contribution in [0, 0.1) is 0 Å². The Balaban J connectivity index is 2.32. The van der Waals surface area contributed by atoms with Crippen molar-refractivity contribution in [3.05, 3.63) is 59.4 Å². The van der Waals surface area contributed by atoms with Gasteiger partial charge in [0.1, 0.15) is 5.75 Å². The molecule has 0 amide bonds. The maximum absolute atomic E-state index is 6.36. The molecule has 0 fully saturated rings. The summed E-state index contributed by atoms with van der Waals surface area (Å²) in [5.74, 6) is 0.768. The Hall–Kier alpha value is -1.87. The van der Waals surface area contributed by atoms with Crippen LogP contribution < -0.4 is 10.5 Å². The lowest BCUT2D eigenvalue weighted by atomic mass is 9.95. The average molecular weight is 256 g/mol. The Labute approximate surface area is 114 Å². The molecule has 1 unspecified atom stereocenters. The van der Waals surface area contributed by atoms with Crippen LogP contribution in [0.25, 0.3) is 0 Å². The summed E-state index contributed by atoms with van der Waals surface area (Å²) in [6.45, 7) is 4.73. The molecule has 1 aromatic carbocycles. The van der Waals surface area contributed by atoms with Gasteiger partial charge in [0.05, 0.1) is 18.8 Å². The highest BCUT2D eigenvalue weighted by atomic mass is 16.5. The van der Waals surface area contributed by atoms with Crippen LogP contribution in [0.3, 0.4) is 0 Å². The minimum Gasteiger partial charge on any atom is -0.492 e. The Bertz CT molecular complexity index is 540. The summed E-state index contributed by atoms with van der Waals surface area (Å²) in [6.07, 6.45) is 4.49. The van der Waals surface area contributed by atoms with Crippen molar-refractivity contribution < 1.29 is 4.74 Å². The molecule has 0 bridgehead atoms. The first-order valence-corrected chi connectivity index (χ1v) is 6.67. The third-order valence-corrected chi connectivity index (χ3v) is 3.18. The molecule has 0 aliphatic carbocycles. The van der Waals surface area contributed by atoms with Crippen molar-refractivity contribution in [1.82, 2.24) is 4.98 Å². The van der Waals surface area contributed by atoms with Crippen LogP contribution in [0.4, 0.5) is 0 Å². The van der Waals surface area contributed by atoms with E-state index in [1.807, 2.05) is 25.1 Å². The zero-order valence-corrected chi connectivity index (χ0v) is 11.5. The van der Waals surface area contributed by atoms with Gasteiger partial charge in [0.25, 0.3) is 0 Å².